The van der Waals surface area contributed by atoms with E-state index in [1.165, 1.54) is 0 Å². The molecule has 2 nitrogen and oxygen atoms in total. The van der Waals surface area contributed by atoms with Gasteiger partial charge in [0.15, 0.2) is 0 Å². The molecule has 0 aliphatic heterocycles. The molecule has 2 rings (SSSR count). The lowest BCUT2D eigenvalue weighted by atomic mass is 10.1. The molecule has 1 aromatic heterocycles. The van der Waals surface area contributed by atoms with Crippen LogP contribution in [0.25, 0.3) is 11.3 Å². The fourth-order valence-corrected chi connectivity index (χ4v) is 1.21. The highest BCUT2D eigenvalue weighted by Crippen LogP contribution is 2.15. The van der Waals surface area contributed by atoms with E-state index in [9.17, 15) is 0 Å². The largest absolute Gasteiger partial charge is 0.256 e. The zero-order valence-corrected chi connectivity index (χ0v) is 7.44. The molecule has 0 atom stereocenters. The molecule has 0 N–H and O–H groups in total. The molecule has 65 valence electrons. The molecule has 0 bridgehead atoms. The van der Waals surface area contributed by atoms with Crippen molar-refractivity contribution in [1.82, 2.24) is 4.98 Å². The summed E-state index contributed by atoms with van der Waals surface area (Å²) >= 11 is 0. The summed E-state index contributed by atoms with van der Waals surface area (Å²) in [7, 11) is 0. The molecule has 0 aliphatic carbocycles. The predicted molar refractivity (Wildman–Crippen MR) is 53.2 cm³/mol. The first-order valence-corrected chi connectivity index (χ1v) is 4.23. The molecular weight excluding hydrogens is 172 g/mol. The number of hydrogen-bond donors (Lipinski definition) is 0. The predicted octanol–water partition coefficient (Wildman–Crippen LogP) is 2.42. The summed E-state index contributed by atoms with van der Waals surface area (Å²) in [5.41, 5.74) is 2.57. The minimum atomic E-state index is 0.663. The number of nitriles is 1. The maximum Gasteiger partial charge on any atom is 0.0991 e. The van der Waals surface area contributed by atoms with Crippen LogP contribution in [0, 0.1) is 17.4 Å². The van der Waals surface area contributed by atoms with Crippen molar-refractivity contribution in [1.29, 1.82) is 5.26 Å². The van der Waals surface area contributed by atoms with E-state index < -0.39 is 0 Å². The van der Waals surface area contributed by atoms with E-state index in [4.69, 9.17) is 5.26 Å². The molecule has 1 heterocycles. The number of benzene rings is 1. The summed E-state index contributed by atoms with van der Waals surface area (Å²) in [5.74, 6) is 0. The van der Waals surface area contributed by atoms with Gasteiger partial charge in [0.25, 0.3) is 0 Å². The van der Waals surface area contributed by atoms with Gasteiger partial charge in [-0.2, -0.15) is 5.26 Å². The Balaban J connectivity index is 2.40. The highest BCUT2D eigenvalue weighted by molar-refractivity contribution is 5.59. The van der Waals surface area contributed by atoms with Crippen LogP contribution < -0.4 is 0 Å². The molecule has 0 saturated carbocycles. The van der Waals surface area contributed by atoms with Gasteiger partial charge in [-0.15, -0.1) is 0 Å². The first kappa shape index (κ1) is 8.46. The van der Waals surface area contributed by atoms with E-state index in [-0.39, 0.29) is 0 Å². The van der Waals surface area contributed by atoms with Crippen molar-refractivity contribution in [2.24, 2.45) is 0 Å². The molecule has 2 heteroatoms. The monoisotopic (exact) mass is 179 g/mol. The zero-order valence-electron chi connectivity index (χ0n) is 7.44. The number of aromatic nitrogens is 1. The lowest BCUT2D eigenvalue weighted by Gasteiger charge is -1.98. The van der Waals surface area contributed by atoms with Crippen LogP contribution in [0.2, 0.25) is 0 Å². The number of nitrogens with zero attached hydrogens (tertiary/aromatic N) is 2. The van der Waals surface area contributed by atoms with E-state index in [2.05, 4.69) is 17.1 Å². The molecule has 14 heavy (non-hydrogen) atoms. The highest BCUT2D eigenvalue weighted by Gasteiger charge is 1.97. The molecule has 0 saturated heterocycles. The van der Waals surface area contributed by atoms with Gasteiger partial charge in [-0.3, -0.25) is 4.98 Å². The van der Waals surface area contributed by atoms with Crippen LogP contribution >= 0.6 is 0 Å². The Morgan fingerprint density at radius 2 is 1.93 bits per heavy atom. The van der Waals surface area contributed by atoms with Crippen LogP contribution in [0.4, 0.5) is 0 Å². The second-order valence-corrected chi connectivity index (χ2v) is 2.83. The smallest absolute Gasteiger partial charge is 0.0991 e. The topological polar surface area (TPSA) is 36.7 Å². The Morgan fingerprint density at radius 3 is 2.50 bits per heavy atom. The highest BCUT2D eigenvalue weighted by atomic mass is 14.7. The van der Waals surface area contributed by atoms with Gasteiger partial charge in [0.2, 0.25) is 0 Å². The molecule has 2 aromatic rings. The lowest BCUT2D eigenvalue weighted by molar-refractivity contribution is 1.32. The minimum Gasteiger partial charge on any atom is -0.256 e. The maximum atomic E-state index is 8.63. The first-order chi connectivity index (χ1) is 6.90. The van der Waals surface area contributed by atoms with Gasteiger partial charge in [-0.1, -0.05) is 18.2 Å². The quantitative estimate of drug-likeness (QED) is 0.674. The van der Waals surface area contributed by atoms with Crippen LogP contribution in [0.3, 0.4) is 0 Å². The van der Waals surface area contributed by atoms with Gasteiger partial charge in [0.05, 0.1) is 17.3 Å². The van der Waals surface area contributed by atoms with Gasteiger partial charge < -0.3 is 0 Å². The minimum absolute atomic E-state index is 0.663. The molecule has 0 aliphatic rings. The molecule has 0 fully saturated rings. The summed E-state index contributed by atoms with van der Waals surface area (Å²) in [4.78, 5) is 4.17. The molecule has 0 unspecified atom stereocenters. The second kappa shape index (κ2) is 3.71. The van der Waals surface area contributed by atoms with Crippen LogP contribution in [0.15, 0.2) is 42.6 Å². The van der Waals surface area contributed by atoms with Crippen molar-refractivity contribution in [3.05, 3.63) is 54.2 Å². The fraction of sp³-hybridized carbons (Fsp3) is 0. The van der Waals surface area contributed by atoms with Crippen molar-refractivity contribution >= 4 is 0 Å². The zero-order chi connectivity index (χ0) is 9.80. The van der Waals surface area contributed by atoms with Crippen molar-refractivity contribution < 1.29 is 0 Å². The lowest BCUT2D eigenvalue weighted by Crippen LogP contribution is -1.82. The van der Waals surface area contributed by atoms with Gasteiger partial charge in [0.1, 0.15) is 0 Å². The molecule has 0 spiro atoms. The average molecular weight is 179 g/mol. The van der Waals surface area contributed by atoms with E-state index in [1.54, 1.807) is 18.3 Å². The van der Waals surface area contributed by atoms with E-state index in [0.717, 1.165) is 11.3 Å². The Hall–Kier alpha value is -2.14. The number of pyridine rings is 1. The second-order valence-electron chi connectivity index (χ2n) is 2.83. The first-order valence-electron chi connectivity index (χ1n) is 4.23. The van der Waals surface area contributed by atoms with Gasteiger partial charge >= 0.3 is 0 Å². The molecular formula is C12H7N2. The standard InChI is InChI=1S/C12H7N2/c13-9-10-4-6-11(7-5-10)12-3-1-2-8-14-12/h1,3-8H. The summed E-state index contributed by atoms with van der Waals surface area (Å²) in [5, 5.41) is 8.63. The number of hydrogen-bond acceptors (Lipinski definition) is 2. The van der Waals surface area contributed by atoms with Crippen LogP contribution in [-0.2, 0) is 0 Å². The Bertz CT molecular complexity index is 452. The number of rotatable bonds is 1. The van der Waals surface area contributed by atoms with Crippen molar-refractivity contribution in [3.8, 4) is 17.3 Å². The average Bonchev–Trinajstić information content (AvgIpc) is 2.30. The third-order valence-electron chi connectivity index (χ3n) is 1.93. The third kappa shape index (κ3) is 1.62. The summed E-state index contributed by atoms with van der Waals surface area (Å²) in [6.07, 6.45) is 1.63. The SMILES string of the molecule is N#Cc1ccc(-c2cc[c]cn2)cc1. The van der Waals surface area contributed by atoms with Crippen LogP contribution in [0.1, 0.15) is 5.56 Å². The van der Waals surface area contributed by atoms with Crippen LogP contribution in [-0.4, -0.2) is 4.98 Å². The molecule has 1 radical (unpaired) electrons. The summed E-state index contributed by atoms with van der Waals surface area (Å²) in [6.45, 7) is 0. The Morgan fingerprint density at radius 1 is 1.14 bits per heavy atom. The van der Waals surface area contributed by atoms with E-state index in [0.29, 0.717) is 5.56 Å². The Labute approximate surface area is 82.5 Å². The van der Waals surface area contributed by atoms with Crippen molar-refractivity contribution in [2.75, 3.05) is 0 Å². The van der Waals surface area contributed by atoms with E-state index in [1.807, 2.05) is 24.3 Å². The summed E-state index contributed by atoms with van der Waals surface area (Å²) in [6, 6.07) is 16.0. The Kier molecular flexibility index (Phi) is 2.24. The molecule has 0 amide bonds. The van der Waals surface area contributed by atoms with Gasteiger partial charge in [-0.05, 0) is 18.2 Å². The van der Waals surface area contributed by atoms with Crippen molar-refractivity contribution in [3.63, 3.8) is 0 Å². The third-order valence-corrected chi connectivity index (χ3v) is 1.93. The van der Waals surface area contributed by atoms with Gasteiger partial charge in [-0.25, -0.2) is 0 Å². The van der Waals surface area contributed by atoms with Crippen molar-refractivity contribution in [2.45, 2.75) is 0 Å². The van der Waals surface area contributed by atoms with Gasteiger partial charge in [0, 0.05) is 17.8 Å². The fourth-order valence-electron chi connectivity index (χ4n) is 1.21. The maximum absolute atomic E-state index is 8.63. The van der Waals surface area contributed by atoms with E-state index >= 15 is 0 Å². The van der Waals surface area contributed by atoms with Crippen LogP contribution in [0.5, 0.6) is 0 Å². The summed E-state index contributed by atoms with van der Waals surface area (Å²) < 4.78 is 0. The molecule has 1 aromatic carbocycles. The normalized spacial score (nSPS) is 9.36.